The Bertz CT molecular complexity index is 1750. The van der Waals surface area contributed by atoms with Gasteiger partial charge >= 0.3 is 12.1 Å². The Balaban J connectivity index is 1.14. The third kappa shape index (κ3) is 7.81. The normalized spacial score (nSPS) is 16.6. The van der Waals surface area contributed by atoms with E-state index in [1.54, 1.807) is 23.2 Å². The van der Waals surface area contributed by atoms with Crippen LogP contribution >= 0.6 is 0 Å². The molecule has 0 saturated carbocycles. The minimum absolute atomic E-state index is 0.260. The van der Waals surface area contributed by atoms with Crippen molar-refractivity contribution in [2.24, 2.45) is 5.10 Å². The summed E-state index contributed by atoms with van der Waals surface area (Å²) >= 11 is 0. The zero-order valence-electron chi connectivity index (χ0n) is 26.8. The number of unbranched alkanes of at least 4 members (excludes halogenated alkanes) is 1. The van der Waals surface area contributed by atoms with Crippen LogP contribution in [0, 0.1) is 6.92 Å². The number of rotatable bonds is 9. The number of nitrogens with one attached hydrogen (secondary N) is 3. The number of hydrogen-bond donors (Lipinski definition) is 4. The highest BCUT2D eigenvalue weighted by Crippen LogP contribution is 2.35. The molecule has 1 fully saturated rings. The molecular weight excluding hydrogens is 594 g/mol. The Kier molecular flexibility index (Phi) is 9.82. The van der Waals surface area contributed by atoms with E-state index in [4.69, 9.17) is 9.84 Å². The van der Waals surface area contributed by atoms with Gasteiger partial charge in [-0.2, -0.15) is 5.10 Å². The summed E-state index contributed by atoms with van der Waals surface area (Å²) in [5.74, 6) is 1.46. The summed E-state index contributed by atoms with van der Waals surface area (Å²) < 4.78 is 6.27. The van der Waals surface area contributed by atoms with Crippen LogP contribution in [0.1, 0.15) is 51.0 Å². The van der Waals surface area contributed by atoms with Gasteiger partial charge in [-0.1, -0.05) is 55.3 Å². The molecule has 4 N–H and O–H groups in total. The Morgan fingerprint density at radius 1 is 0.979 bits per heavy atom. The number of urea groups is 2. The number of aliphatic hydroxyl groups excluding tert-OH is 1. The van der Waals surface area contributed by atoms with E-state index in [1.165, 1.54) is 0 Å². The summed E-state index contributed by atoms with van der Waals surface area (Å²) in [5.41, 5.74) is 3.82. The fraction of sp³-hybridized carbons (Fsp3) is 0.333. The van der Waals surface area contributed by atoms with E-state index in [0.717, 1.165) is 47.0 Å². The largest absolute Gasteiger partial charge is 0.457 e. The molecular formula is C36H41N7O4. The van der Waals surface area contributed by atoms with Crippen LogP contribution in [0.5, 0.6) is 11.5 Å². The van der Waals surface area contributed by atoms with Gasteiger partial charge in [0.05, 0.1) is 17.5 Å². The monoisotopic (exact) mass is 635 g/mol. The number of aryl methyl sites for hydroxylation is 1. The van der Waals surface area contributed by atoms with Crippen molar-refractivity contribution in [1.29, 1.82) is 0 Å². The number of likely N-dealkylation sites (tertiary alicyclic amines) is 1. The molecule has 11 heteroatoms. The van der Waals surface area contributed by atoms with Crippen LogP contribution < -0.4 is 25.7 Å². The third-order valence-corrected chi connectivity index (χ3v) is 8.47. The number of carbonyl (C=O) groups excluding carboxylic acids is 2. The molecule has 4 aromatic rings. The van der Waals surface area contributed by atoms with E-state index in [-0.39, 0.29) is 24.3 Å². The van der Waals surface area contributed by atoms with E-state index >= 15 is 0 Å². The smallest absolute Gasteiger partial charge is 0.323 e. The standard InChI is InChI=1S/C36H41N7O4/c1-3-4-7-25-22-34(43(41-25)26-12-10-24(2)11-13-26)40-35(45)38-31-14-15-32(30-9-6-5-8-29(30)31)47-28-16-19-37-33(23-28)39-36(46)42-20-17-27(44)18-21-42/h5-6,8-16,19,23,27,34,44H,3-4,7,17-18,20-22H2,1-2H3,(H,37,39,46)(H2,38,40,45). The highest BCUT2D eigenvalue weighted by Gasteiger charge is 2.29. The number of ether oxygens (including phenoxy) is 1. The first-order valence-electron chi connectivity index (χ1n) is 16.3. The van der Waals surface area contributed by atoms with Crippen LogP contribution in [0.2, 0.25) is 0 Å². The Hall–Kier alpha value is -5.16. The molecule has 244 valence electrons. The summed E-state index contributed by atoms with van der Waals surface area (Å²) in [5, 5.41) is 27.1. The molecule has 1 saturated heterocycles. The second-order valence-electron chi connectivity index (χ2n) is 12.1. The average Bonchev–Trinajstić information content (AvgIpc) is 3.47. The molecule has 6 rings (SSSR count). The first-order valence-corrected chi connectivity index (χ1v) is 16.3. The summed E-state index contributed by atoms with van der Waals surface area (Å²) in [6.45, 7) is 5.20. The Morgan fingerprint density at radius 3 is 2.51 bits per heavy atom. The minimum Gasteiger partial charge on any atom is -0.457 e. The lowest BCUT2D eigenvalue weighted by molar-refractivity contribution is 0.0972. The fourth-order valence-electron chi connectivity index (χ4n) is 5.86. The molecule has 1 unspecified atom stereocenters. The molecule has 0 aliphatic carbocycles. The summed E-state index contributed by atoms with van der Waals surface area (Å²) in [6.07, 6.45) is 5.73. The zero-order valence-corrected chi connectivity index (χ0v) is 26.8. The van der Waals surface area contributed by atoms with Crippen LogP contribution in [-0.4, -0.2) is 58.1 Å². The lowest BCUT2D eigenvalue weighted by Crippen LogP contribution is -2.45. The third-order valence-electron chi connectivity index (χ3n) is 8.47. The zero-order chi connectivity index (χ0) is 32.8. The molecule has 1 atom stereocenters. The fourth-order valence-corrected chi connectivity index (χ4v) is 5.86. The van der Waals surface area contributed by atoms with E-state index in [9.17, 15) is 14.7 Å². The maximum Gasteiger partial charge on any atom is 0.323 e. The summed E-state index contributed by atoms with van der Waals surface area (Å²) in [4.78, 5) is 32.1. The molecule has 1 aromatic heterocycles. The molecule has 0 spiro atoms. The molecule has 4 amide bonds. The molecule has 3 aromatic carbocycles. The lowest BCUT2D eigenvalue weighted by atomic mass is 10.1. The van der Waals surface area contributed by atoms with E-state index < -0.39 is 0 Å². The van der Waals surface area contributed by atoms with Crippen molar-refractivity contribution in [2.75, 3.05) is 28.7 Å². The number of fused-ring (bicyclic) bond motifs is 1. The second-order valence-corrected chi connectivity index (χ2v) is 12.1. The number of pyridine rings is 1. The topological polar surface area (TPSA) is 131 Å². The summed E-state index contributed by atoms with van der Waals surface area (Å²) in [7, 11) is 0. The first kappa shape index (κ1) is 31.8. The molecule has 47 heavy (non-hydrogen) atoms. The molecule has 2 aliphatic rings. The predicted octanol–water partition coefficient (Wildman–Crippen LogP) is 7.23. The van der Waals surface area contributed by atoms with E-state index in [2.05, 4.69) is 27.9 Å². The number of anilines is 3. The van der Waals surface area contributed by atoms with Crippen molar-refractivity contribution in [2.45, 2.75) is 64.6 Å². The number of nitrogens with zero attached hydrogens (tertiary/aromatic N) is 4. The maximum absolute atomic E-state index is 13.4. The van der Waals surface area contributed by atoms with Crippen LogP contribution in [0.15, 0.2) is 84.1 Å². The number of piperidine rings is 1. The molecule has 0 radical (unpaired) electrons. The number of hydrazone groups is 1. The van der Waals surface area contributed by atoms with Gasteiger partial charge in [0.25, 0.3) is 0 Å². The Morgan fingerprint density at radius 2 is 1.74 bits per heavy atom. The maximum atomic E-state index is 13.4. The quantitative estimate of drug-likeness (QED) is 0.154. The van der Waals surface area contributed by atoms with Crippen molar-refractivity contribution >= 4 is 45.7 Å². The van der Waals surface area contributed by atoms with Gasteiger partial charge in [0.15, 0.2) is 0 Å². The highest BCUT2D eigenvalue weighted by atomic mass is 16.5. The van der Waals surface area contributed by atoms with Crippen LogP contribution in [-0.2, 0) is 0 Å². The molecule has 0 bridgehead atoms. The van der Waals surface area contributed by atoms with Crippen LogP contribution in [0.25, 0.3) is 10.8 Å². The van der Waals surface area contributed by atoms with Gasteiger partial charge in [-0.15, -0.1) is 0 Å². The van der Waals surface area contributed by atoms with Crippen molar-refractivity contribution in [3.63, 3.8) is 0 Å². The van der Waals surface area contributed by atoms with Gasteiger partial charge in [-0.3, -0.25) is 5.32 Å². The van der Waals surface area contributed by atoms with Crippen molar-refractivity contribution < 1.29 is 19.4 Å². The number of aromatic nitrogens is 1. The highest BCUT2D eigenvalue weighted by molar-refractivity contribution is 6.04. The first-order chi connectivity index (χ1) is 22.9. The number of hydrogen-bond acceptors (Lipinski definition) is 7. The van der Waals surface area contributed by atoms with Crippen LogP contribution in [0.4, 0.5) is 26.8 Å². The SMILES string of the molecule is CCCCC1=NN(c2ccc(C)cc2)C(NC(=O)Nc2ccc(Oc3ccnc(NC(=O)N4CCC(O)CC4)c3)c3ccccc23)C1. The molecule has 3 heterocycles. The van der Waals surface area contributed by atoms with E-state index in [1.807, 2.05) is 72.6 Å². The Labute approximate surface area is 274 Å². The molecule has 11 nitrogen and oxygen atoms in total. The number of benzene rings is 3. The van der Waals surface area contributed by atoms with Gasteiger partial charge in [0, 0.05) is 48.3 Å². The molecule has 2 aliphatic heterocycles. The summed E-state index contributed by atoms with van der Waals surface area (Å²) in [6, 6.07) is 22.3. The van der Waals surface area contributed by atoms with E-state index in [0.29, 0.717) is 55.4 Å². The van der Waals surface area contributed by atoms with Gasteiger partial charge in [0.2, 0.25) is 0 Å². The number of carbonyl (C=O) groups is 2. The van der Waals surface area contributed by atoms with Crippen molar-refractivity contribution in [3.05, 3.63) is 84.6 Å². The van der Waals surface area contributed by atoms with Crippen molar-refractivity contribution in [3.8, 4) is 11.5 Å². The van der Waals surface area contributed by atoms with Gasteiger partial charge in [-0.25, -0.2) is 19.6 Å². The van der Waals surface area contributed by atoms with Crippen molar-refractivity contribution in [1.82, 2.24) is 15.2 Å². The van der Waals surface area contributed by atoms with Gasteiger partial charge in [0.1, 0.15) is 23.5 Å². The van der Waals surface area contributed by atoms with Crippen LogP contribution in [0.3, 0.4) is 0 Å². The average molecular weight is 636 g/mol. The van der Waals surface area contributed by atoms with Gasteiger partial charge < -0.3 is 25.4 Å². The number of amides is 4. The minimum atomic E-state index is -0.362. The second kappa shape index (κ2) is 14.5. The number of aliphatic hydroxyl groups is 1. The predicted molar refractivity (Wildman–Crippen MR) is 185 cm³/mol. The lowest BCUT2D eigenvalue weighted by Gasteiger charge is -2.29. The van der Waals surface area contributed by atoms with Gasteiger partial charge in [-0.05, 0) is 62.9 Å².